The fourth-order valence-corrected chi connectivity index (χ4v) is 4.22. The Hall–Kier alpha value is -1.36. The van der Waals surface area contributed by atoms with Gasteiger partial charge in [-0.3, -0.25) is 4.79 Å². The van der Waals surface area contributed by atoms with Crippen molar-refractivity contribution in [3.05, 3.63) is 34.3 Å². The number of benzene rings is 1. The first kappa shape index (κ1) is 18.0. The molecule has 1 heterocycles. The van der Waals surface area contributed by atoms with E-state index in [0.717, 1.165) is 17.3 Å². The maximum atomic E-state index is 12.6. The lowest BCUT2D eigenvalue weighted by Crippen LogP contribution is -2.55. The molecule has 1 amide bonds. The highest BCUT2D eigenvalue weighted by Crippen LogP contribution is 2.47. The molecule has 0 bridgehead atoms. The van der Waals surface area contributed by atoms with Crippen molar-refractivity contribution in [3.8, 4) is 0 Å². The van der Waals surface area contributed by atoms with Crippen LogP contribution in [0.25, 0.3) is 0 Å². The third-order valence-corrected chi connectivity index (χ3v) is 5.75. The molecule has 1 N–H and O–H groups in total. The molecule has 1 aliphatic heterocycles. The zero-order valence-corrected chi connectivity index (χ0v) is 15.5. The van der Waals surface area contributed by atoms with Crippen LogP contribution in [0.3, 0.4) is 0 Å². The average Bonchev–Trinajstić information content (AvgIpc) is 2.90. The third-order valence-electron chi connectivity index (χ3n) is 5.06. The van der Waals surface area contributed by atoms with Crippen molar-refractivity contribution in [2.24, 2.45) is 5.41 Å². The highest BCUT2D eigenvalue weighted by atomic mass is 79.9. The van der Waals surface area contributed by atoms with E-state index in [-0.39, 0.29) is 11.2 Å². The standard InChI is InChI=1S/C18H24BrNO3/c1-17(2,3)18(10-6-12-20(18)16(22)23)11-9-15(21)13-7-4-5-8-14(13)19/h4-5,7-8H,6,9-12H2,1-3H3,(H,22,23). The molecule has 1 aromatic carbocycles. The lowest BCUT2D eigenvalue weighted by Gasteiger charge is -2.47. The monoisotopic (exact) mass is 381 g/mol. The van der Waals surface area contributed by atoms with Gasteiger partial charge in [0.25, 0.3) is 0 Å². The van der Waals surface area contributed by atoms with Gasteiger partial charge in [0.05, 0.1) is 5.54 Å². The molecule has 126 valence electrons. The van der Waals surface area contributed by atoms with E-state index in [4.69, 9.17) is 0 Å². The number of hydrogen-bond donors (Lipinski definition) is 1. The summed E-state index contributed by atoms with van der Waals surface area (Å²) in [6.45, 7) is 6.75. The Kier molecular flexibility index (Phi) is 5.19. The lowest BCUT2D eigenvalue weighted by molar-refractivity contribution is 0.0227. The summed E-state index contributed by atoms with van der Waals surface area (Å²) in [6.07, 6.45) is 1.69. The number of ketones is 1. The smallest absolute Gasteiger partial charge is 0.407 e. The van der Waals surface area contributed by atoms with Gasteiger partial charge in [0.1, 0.15) is 0 Å². The van der Waals surface area contributed by atoms with Crippen molar-refractivity contribution in [1.29, 1.82) is 0 Å². The minimum Gasteiger partial charge on any atom is -0.465 e. The molecule has 1 fully saturated rings. The zero-order chi connectivity index (χ0) is 17.3. The van der Waals surface area contributed by atoms with Crippen molar-refractivity contribution in [1.82, 2.24) is 4.90 Å². The Morgan fingerprint density at radius 1 is 1.30 bits per heavy atom. The summed E-state index contributed by atoms with van der Waals surface area (Å²) in [5.74, 6) is 0.0540. The second kappa shape index (κ2) is 6.63. The van der Waals surface area contributed by atoms with Crippen molar-refractivity contribution in [3.63, 3.8) is 0 Å². The van der Waals surface area contributed by atoms with Crippen LogP contribution in [-0.4, -0.2) is 34.0 Å². The van der Waals surface area contributed by atoms with Crippen molar-refractivity contribution in [2.75, 3.05) is 6.54 Å². The second-order valence-electron chi connectivity index (χ2n) is 7.22. The highest BCUT2D eigenvalue weighted by molar-refractivity contribution is 9.10. The Morgan fingerprint density at radius 3 is 2.52 bits per heavy atom. The van der Waals surface area contributed by atoms with Gasteiger partial charge in [-0.15, -0.1) is 0 Å². The summed E-state index contributed by atoms with van der Waals surface area (Å²) in [5.41, 5.74) is -0.0253. The molecule has 1 unspecified atom stereocenters. The highest BCUT2D eigenvalue weighted by Gasteiger charge is 2.51. The molecule has 1 aromatic rings. The summed E-state index contributed by atoms with van der Waals surface area (Å²) in [7, 11) is 0. The first-order valence-electron chi connectivity index (χ1n) is 7.97. The normalized spacial score (nSPS) is 21.5. The molecule has 1 aliphatic rings. The minimum atomic E-state index is -0.884. The predicted octanol–water partition coefficient (Wildman–Crippen LogP) is 4.97. The van der Waals surface area contributed by atoms with Gasteiger partial charge in [0.2, 0.25) is 0 Å². The molecule has 1 saturated heterocycles. The van der Waals surface area contributed by atoms with Crippen LogP contribution in [0, 0.1) is 5.41 Å². The summed E-state index contributed by atoms with van der Waals surface area (Å²) in [4.78, 5) is 25.8. The summed E-state index contributed by atoms with van der Waals surface area (Å²) >= 11 is 3.41. The minimum absolute atomic E-state index is 0.0540. The molecular formula is C18H24BrNO3. The number of nitrogens with zero attached hydrogens (tertiary/aromatic N) is 1. The maximum Gasteiger partial charge on any atom is 0.407 e. The number of carbonyl (C=O) groups is 2. The molecule has 0 radical (unpaired) electrons. The SMILES string of the molecule is CC(C)(C)C1(CCC(=O)c2ccccc2Br)CCCN1C(=O)O. The Morgan fingerprint density at radius 2 is 1.96 bits per heavy atom. The van der Waals surface area contributed by atoms with Gasteiger partial charge in [0, 0.05) is 23.0 Å². The number of amides is 1. The third kappa shape index (κ3) is 3.44. The van der Waals surface area contributed by atoms with Crippen LogP contribution >= 0.6 is 15.9 Å². The molecular weight excluding hydrogens is 358 g/mol. The van der Waals surface area contributed by atoms with Crippen molar-refractivity contribution >= 4 is 27.8 Å². The fourth-order valence-electron chi connectivity index (χ4n) is 3.71. The molecule has 0 spiro atoms. The van der Waals surface area contributed by atoms with Gasteiger partial charge in [0.15, 0.2) is 5.78 Å². The van der Waals surface area contributed by atoms with Crippen molar-refractivity contribution < 1.29 is 14.7 Å². The Bertz CT molecular complexity index is 609. The predicted molar refractivity (Wildman–Crippen MR) is 93.9 cm³/mol. The molecule has 23 heavy (non-hydrogen) atoms. The molecule has 0 aliphatic carbocycles. The lowest BCUT2D eigenvalue weighted by atomic mass is 9.69. The van der Waals surface area contributed by atoms with Gasteiger partial charge in [-0.2, -0.15) is 0 Å². The number of hydrogen-bond acceptors (Lipinski definition) is 2. The largest absolute Gasteiger partial charge is 0.465 e. The van der Waals surface area contributed by atoms with E-state index in [1.165, 1.54) is 0 Å². The molecule has 0 aromatic heterocycles. The van der Waals surface area contributed by atoms with Gasteiger partial charge < -0.3 is 10.0 Å². The van der Waals surface area contributed by atoms with Crippen LogP contribution in [0.5, 0.6) is 0 Å². The topological polar surface area (TPSA) is 57.6 Å². The van der Waals surface area contributed by atoms with Gasteiger partial charge in [-0.05, 0) is 30.7 Å². The van der Waals surface area contributed by atoms with Crippen molar-refractivity contribution in [2.45, 2.75) is 52.0 Å². The molecule has 2 rings (SSSR count). The van der Waals surface area contributed by atoms with Crippen LogP contribution in [0.2, 0.25) is 0 Å². The van der Waals surface area contributed by atoms with E-state index in [2.05, 4.69) is 36.7 Å². The number of carboxylic acid groups (broad SMARTS) is 1. The zero-order valence-electron chi connectivity index (χ0n) is 13.9. The molecule has 5 heteroatoms. The first-order valence-corrected chi connectivity index (χ1v) is 8.77. The summed E-state index contributed by atoms with van der Waals surface area (Å²) in [5, 5.41) is 9.57. The number of halogens is 1. The molecule has 1 atom stereocenters. The number of rotatable bonds is 4. The first-order chi connectivity index (χ1) is 10.7. The van der Waals surface area contributed by atoms with Gasteiger partial charge >= 0.3 is 6.09 Å². The van der Waals surface area contributed by atoms with Crippen LogP contribution < -0.4 is 0 Å². The van der Waals surface area contributed by atoms with Gasteiger partial charge in [-0.25, -0.2) is 4.79 Å². The Balaban J connectivity index is 2.22. The fraction of sp³-hybridized carbons (Fsp3) is 0.556. The molecule has 0 saturated carbocycles. The summed E-state index contributed by atoms with van der Waals surface area (Å²) < 4.78 is 0.788. The van der Waals surface area contributed by atoms with Crippen LogP contribution in [-0.2, 0) is 0 Å². The summed E-state index contributed by atoms with van der Waals surface area (Å²) in [6, 6.07) is 7.38. The average molecular weight is 382 g/mol. The maximum absolute atomic E-state index is 12.6. The Labute approximate surface area is 146 Å². The quantitative estimate of drug-likeness (QED) is 0.748. The van der Waals surface area contributed by atoms with E-state index in [1.807, 2.05) is 18.2 Å². The van der Waals surface area contributed by atoms with E-state index < -0.39 is 11.6 Å². The molecule has 4 nitrogen and oxygen atoms in total. The van der Waals surface area contributed by atoms with E-state index in [1.54, 1.807) is 11.0 Å². The second-order valence-corrected chi connectivity index (χ2v) is 8.08. The number of likely N-dealkylation sites (tertiary alicyclic amines) is 1. The number of carbonyl (C=O) groups excluding carboxylic acids is 1. The number of Topliss-reactive ketones (excluding diaryl/α,β-unsaturated/α-hetero) is 1. The van der Waals surface area contributed by atoms with Crippen LogP contribution in [0.15, 0.2) is 28.7 Å². The van der Waals surface area contributed by atoms with E-state index in [0.29, 0.717) is 24.9 Å². The van der Waals surface area contributed by atoms with Gasteiger partial charge in [-0.1, -0.05) is 54.9 Å². The van der Waals surface area contributed by atoms with E-state index >= 15 is 0 Å². The van der Waals surface area contributed by atoms with Crippen LogP contribution in [0.4, 0.5) is 4.79 Å². The van der Waals surface area contributed by atoms with E-state index in [9.17, 15) is 14.7 Å². The van der Waals surface area contributed by atoms with Crippen LogP contribution in [0.1, 0.15) is 56.8 Å².